The molecule has 0 aliphatic heterocycles. The highest BCUT2D eigenvalue weighted by atomic mass is 35.5. The average Bonchev–Trinajstić information content (AvgIpc) is 3.45. The largest absolute Gasteiger partial charge is 0.350 e. The molecule has 5 aromatic rings. The Kier molecular flexibility index (Phi) is 6.59. The number of amides is 1. The number of fused-ring (bicyclic) bond motifs is 1. The molecule has 2 aromatic heterocycles. The van der Waals surface area contributed by atoms with Crippen LogP contribution in [-0.4, -0.2) is 33.5 Å². The third-order valence-electron chi connectivity index (χ3n) is 5.81. The fraction of sp³-hybridized carbons (Fsp3) is 0.111. The van der Waals surface area contributed by atoms with E-state index in [0.717, 1.165) is 39.0 Å². The third-order valence-corrected chi connectivity index (χ3v) is 6.29. The van der Waals surface area contributed by atoms with E-state index in [-0.39, 0.29) is 5.91 Å². The lowest BCUT2D eigenvalue weighted by Crippen LogP contribution is -2.29. The Labute approximate surface area is 212 Å². The summed E-state index contributed by atoms with van der Waals surface area (Å²) in [7, 11) is 0. The molecule has 0 fully saturated rings. The van der Waals surface area contributed by atoms with Gasteiger partial charge in [0.15, 0.2) is 0 Å². The van der Waals surface area contributed by atoms with Gasteiger partial charge in [0, 0.05) is 51.7 Å². The van der Waals surface area contributed by atoms with Crippen LogP contribution in [-0.2, 0) is 6.54 Å². The van der Waals surface area contributed by atoms with Crippen LogP contribution >= 0.6 is 23.2 Å². The van der Waals surface area contributed by atoms with Crippen LogP contribution in [0.15, 0.2) is 79.1 Å². The van der Waals surface area contributed by atoms with E-state index in [1.807, 2.05) is 79.1 Å². The van der Waals surface area contributed by atoms with Gasteiger partial charge in [-0.25, -0.2) is 4.98 Å². The zero-order chi connectivity index (χ0) is 24.4. The number of carbonyl (C=O) groups is 1. The summed E-state index contributed by atoms with van der Waals surface area (Å²) in [5.41, 5.74) is 11.2. The number of halogens is 2. The molecule has 2 heterocycles. The van der Waals surface area contributed by atoms with Crippen LogP contribution in [0.1, 0.15) is 16.1 Å². The summed E-state index contributed by atoms with van der Waals surface area (Å²) < 4.78 is 2.06. The molecule has 5 rings (SSSR count). The summed E-state index contributed by atoms with van der Waals surface area (Å²) in [5, 5.41) is 5.02. The second kappa shape index (κ2) is 9.96. The molecule has 0 saturated carbocycles. The Morgan fingerprint density at radius 3 is 2.49 bits per heavy atom. The first-order chi connectivity index (χ1) is 17.0. The molecular formula is C27H23Cl2N5O. The first-order valence-electron chi connectivity index (χ1n) is 11.2. The van der Waals surface area contributed by atoms with E-state index < -0.39 is 0 Å². The van der Waals surface area contributed by atoms with Crippen LogP contribution in [0.3, 0.4) is 0 Å². The van der Waals surface area contributed by atoms with Crippen LogP contribution in [0, 0.1) is 0 Å². The molecule has 6 nitrogen and oxygen atoms in total. The molecule has 1 amide bonds. The number of H-pyrrole nitrogens is 1. The number of aromatic amines is 1. The van der Waals surface area contributed by atoms with Gasteiger partial charge in [-0.15, -0.1) is 0 Å². The number of nitrogens with zero attached hydrogens (tertiary/aromatic N) is 2. The predicted octanol–water partition coefficient (Wildman–Crippen LogP) is 5.74. The highest BCUT2D eigenvalue weighted by Crippen LogP contribution is 2.39. The molecule has 4 N–H and O–H groups in total. The number of nitrogens with one attached hydrogen (secondary N) is 2. The normalized spacial score (nSPS) is 11.2. The molecule has 176 valence electrons. The second-order valence-electron chi connectivity index (χ2n) is 8.17. The van der Waals surface area contributed by atoms with Crippen molar-refractivity contribution in [2.45, 2.75) is 6.54 Å². The van der Waals surface area contributed by atoms with E-state index in [0.29, 0.717) is 35.4 Å². The number of hydrogen-bond acceptors (Lipinski definition) is 3. The van der Waals surface area contributed by atoms with Gasteiger partial charge >= 0.3 is 0 Å². The molecule has 0 atom stereocenters. The minimum Gasteiger partial charge on any atom is -0.350 e. The number of aromatic nitrogens is 3. The lowest BCUT2D eigenvalue weighted by atomic mass is 10.0. The van der Waals surface area contributed by atoms with Gasteiger partial charge in [-0.3, -0.25) is 4.79 Å². The smallest absolute Gasteiger partial charge is 0.268 e. The summed E-state index contributed by atoms with van der Waals surface area (Å²) in [6.07, 6.45) is 1.81. The van der Waals surface area contributed by atoms with Crippen LogP contribution in [0.2, 0.25) is 10.0 Å². The summed E-state index contributed by atoms with van der Waals surface area (Å²) in [4.78, 5) is 21.3. The van der Waals surface area contributed by atoms with Crippen molar-refractivity contribution in [1.82, 2.24) is 19.9 Å². The maximum Gasteiger partial charge on any atom is 0.268 e. The van der Waals surface area contributed by atoms with E-state index in [1.165, 1.54) is 0 Å². The van der Waals surface area contributed by atoms with Gasteiger partial charge in [-0.2, -0.15) is 0 Å². The van der Waals surface area contributed by atoms with Crippen molar-refractivity contribution >= 4 is 40.0 Å². The maximum absolute atomic E-state index is 13.3. The van der Waals surface area contributed by atoms with Gasteiger partial charge in [0.1, 0.15) is 5.69 Å². The van der Waals surface area contributed by atoms with Crippen molar-refractivity contribution < 1.29 is 4.79 Å². The second-order valence-corrected chi connectivity index (χ2v) is 9.04. The summed E-state index contributed by atoms with van der Waals surface area (Å²) in [5.74, 6) is -0.240. The predicted molar refractivity (Wildman–Crippen MR) is 142 cm³/mol. The SMILES string of the molecule is NCCNC(=O)c1[nH]c2cc(Cl)ccc2c1-c1c(-c2ccccc2)ncn1Cc1ccc(Cl)cc1. The number of carbonyl (C=O) groups excluding carboxylic acids is 1. The van der Waals surface area contributed by atoms with Crippen LogP contribution < -0.4 is 11.1 Å². The van der Waals surface area contributed by atoms with E-state index in [9.17, 15) is 4.79 Å². The molecule has 0 saturated heterocycles. The van der Waals surface area contributed by atoms with Crippen molar-refractivity contribution in [2.24, 2.45) is 5.73 Å². The number of rotatable bonds is 7. The fourth-order valence-corrected chi connectivity index (χ4v) is 4.52. The Hall–Kier alpha value is -3.58. The van der Waals surface area contributed by atoms with Crippen molar-refractivity contribution in [3.63, 3.8) is 0 Å². The molecule has 0 aliphatic rings. The van der Waals surface area contributed by atoms with Gasteiger partial charge < -0.3 is 20.6 Å². The Morgan fingerprint density at radius 1 is 1.00 bits per heavy atom. The van der Waals surface area contributed by atoms with Crippen molar-refractivity contribution in [1.29, 1.82) is 0 Å². The van der Waals surface area contributed by atoms with E-state index in [1.54, 1.807) is 0 Å². The average molecular weight is 504 g/mol. The monoisotopic (exact) mass is 503 g/mol. The van der Waals surface area contributed by atoms with Gasteiger partial charge in [0.05, 0.1) is 17.7 Å². The Morgan fingerprint density at radius 2 is 1.74 bits per heavy atom. The zero-order valence-electron chi connectivity index (χ0n) is 18.8. The molecular weight excluding hydrogens is 481 g/mol. The first-order valence-corrected chi connectivity index (χ1v) is 12.0. The fourth-order valence-electron chi connectivity index (χ4n) is 4.22. The Balaban J connectivity index is 1.76. The molecule has 0 bridgehead atoms. The quantitative estimate of drug-likeness (QED) is 0.264. The molecule has 0 aliphatic carbocycles. The van der Waals surface area contributed by atoms with Crippen LogP contribution in [0.5, 0.6) is 0 Å². The van der Waals surface area contributed by atoms with Gasteiger partial charge in [0.25, 0.3) is 5.91 Å². The highest BCUT2D eigenvalue weighted by molar-refractivity contribution is 6.31. The summed E-state index contributed by atoms with van der Waals surface area (Å²) in [6, 6.07) is 23.2. The van der Waals surface area contributed by atoms with Gasteiger partial charge in [0.2, 0.25) is 0 Å². The minimum absolute atomic E-state index is 0.240. The number of nitrogens with two attached hydrogens (primary N) is 1. The molecule has 3 aromatic carbocycles. The number of benzene rings is 3. The molecule has 0 unspecified atom stereocenters. The number of hydrogen-bond donors (Lipinski definition) is 3. The molecule has 35 heavy (non-hydrogen) atoms. The molecule has 8 heteroatoms. The summed E-state index contributed by atoms with van der Waals surface area (Å²) >= 11 is 12.4. The van der Waals surface area contributed by atoms with E-state index in [2.05, 4.69) is 14.9 Å². The topological polar surface area (TPSA) is 88.7 Å². The van der Waals surface area contributed by atoms with Crippen molar-refractivity contribution in [2.75, 3.05) is 13.1 Å². The van der Waals surface area contributed by atoms with Crippen molar-refractivity contribution in [3.8, 4) is 22.5 Å². The zero-order valence-corrected chi connectivity index (χ0v) is 20.3. The van der Waals surface area contributed by atoms with Gasteiger partial charge in [-0.05, 0) is 29.8 Å². The molecule has 0 spiro atoms. The van der Waals surface area contributed by atoms with Crippen molar-refractivity contribution in [3.05, 3.63) is 100 Å². The minimum atomic E-state index is -0.240. The van der Waals surface area contributed by atoms with E-state index in [4.69, 9.17) is 33.9 Å². The number of imidazole rings is 1. The lowest BCUT2D eigenvalue weighted by molar-refractivity contribution is 0.0951. The first kappa shape index (κ1) is 23.2. The van der Waals surface area contributed by atoms with Gasteiger partial charge in [-0.1, -0.05) is 71.7 Å². The Bertz CT molecular complexity index is 1490. The standard InChI is InChI=1S/C27H23Cl2N5O/c28-19-8-6-17(7-9-19)15-34-16-32-24(18-4-2-1-3-5-18)26(34)23-21-11-10-20(29)14-22(21)33-25(23)27(35)31-13-12-30/h1-11,14,16,33H,12-13,15,30H2,(H,31,35). The van der Waals surface area contributed by atoms with Crippen LogP contribution in [0.25, 0.3) is 33.4 Å². The highest BCUT2D eigenvalue weighted by Gasteiger charge is 2.25. The lowest BCUT2D eigenvalue weighted by Gasteiger charge is -2.13. The van der Waals surface area contributed by atoms with E-state index >= 15 is 0 Å². The third kappa shape index (κ3) is 4.68. The van der Waals surface area contributed by atoms with Crippen LogP contribution in [0.4, 0.5) is 0 Å². The maximum atomic E-state index is 13.3. The molecule has 0 radical (unpaired) electrons. The summed E-state index contributed by atoms with van der Waals surface area (Å²) in [6.45, 7) is 1.26.